The second-order valence-corrected chi connectivity index (χ2v) is 5.12. The van der Waals surface area contributed by atoms with Crippen LogP contribution in [0.15, 0.2) is 30.6 Å². The number of aryl methyl sites for hydroxylation is 1. The first-order valence-electron chi connectivity index (χ1n) is 6.71. The maximum absolute atomic E-state index is 14.1. The molecule has 5 heteroatoms. The number of benzene rings is 1. The third kappa shape index (κ3) is 2.57. The second kappa shape index (κ2) is 5.07. The Morgan fingerprint density at radius 3 is 2.90 bits per heavy atom. The average molecular weight is 273 g/mol. The molecule has 0 radical (unpaired) electrons. The molecule has 2 aromatic rings. The summed E-state index contributed by atoms with van der Waals surface area (Å²) in [5.41, 5.74) is 1.23. The van der Waals surface area contributed by atoms with Gasteiger partial charge in [0.15, 0.2) is 0 Å². The number of rotatable bonds is 4. The molecule has 0 unspecified atom stereocenters. The lowest BCUT2D eigenvalue weighted by molar-refractivity contribution is -0.122. The van der Waals surface area contributed by atoms with Gasteiger partial charge < -0.3 is 9.88 Å². The third-order valence-corrected chi connectivity index (χ3v) is 3.51. The lowest BCUT2D eigenvalue weighted by Crippen LogP contribution is -2.24. The van der Waals surface area contributed by atoms with Crippen LogP contribution in [0.2, 0.25) is 0 Å². The van der Waals surface area contributed by atoms with Gasteiger partial charge in [0.25, 0.3) is 0 Å². The van der Waals surface area contributed by atoms with Gasteiger partial charge in [-0.15, -0.1) is 0 Å². The molecule has 0 bridgehead atoms. The Morgan fingerprint density at radius 1 is 1.50 bits per heavy atom. The number of hydrogen-bond acceptors (Lipinski definition) is 2. The van der Waals surface area contributed by atoms with E-state index in [1.165, 1.54) is 6.07 Å². The lowest BCUT2D eigenvalue weighted by atomic mass is 10.2. The summed E-state index contributed by atoms with van der Waals surface area (Å²) in [5.74, 6) is 0.663. The van der Waals surface area contributed by atoms with Gasteiger partial charge in [0.1, 0.15) is 11.6 Å². The quantitative estimate of drug-likeness (QED) is 0.929. The molecule has 104 valence electrons. The molecule has 0 spiro atoms. The predicted octanol–water partition coefficient (Wildman–Crippen LogP) is 2.35. The van der Waals surface area contributed by atoms with E-state index in [2.05, 4.69) is 10.3 Å². The molecule has 0 saturated heterocycles. The fourth-order valence-corrected chi connectivity index (χ4v) is 2.17. The summed E-state index contributed by atoms with van der Waals surface area (Å²) in [6, 6.07) is 5.00. The Kier molecular flexibility index (Phi) is 3.26. The summed E-state index contributed by atoms with van der Waals surface area (Å²) in [5, 5.41) is 2.83. The molecule has 1 amide bonds. The van der Waals surface area contributed by atoms with Crippen LogP contribution in [-0.2, 0) is 11.3 Å². The maximum Gasteiger partial charge on any atom is 0.223 e. The average Bonchev–Trinajstić information content (AvgIpc) is 3.20. The molecular weight excluding hydrogens is 257 g/mol. The fourth-order valence-electron chi connectivity index (χ4n) is 2.17. The fraction of sp³-hybridized carbons (Fsp3) is 0.333. The Bertz CT molecular complexity index is 646. The molecule has 0 aliphatic heterocycles. The van der Waals surface area contributed by atoms with Crippen molar-refractivity contribution >= 4 is 5.91 Å². The molecular formula is C15H16FN3O. The van der Waals surface area contributed by atoms with E-state index in [0.29, 0.717) is 12.2 Å². The predicted molar refractivity (Wildman–Crippen MR) is 72.8 cm³/mol. The van der Waals surface area contributed by atoms with Crippen molar-refractivity contribution in [1.29, 1.82) is 0 Å². The number of aromatic nitrogens is 2. The number of imidazole rings is 1. The van der Waals surface area contributed by atoms with E-state index in [1.807, 2.05) is 13.0 Å². The van der Waals surface area contributed by atoms with Gasteiger partial charge in [-0.1, -0.05) is 6.07 Å². The zero-order valence-corrected chi connectivity index (χ0v) is 11.3. The van der Waals surface area contributed by atoms with Crippen molar-refractivity contribution in [2.24, 2.45) is 5.92 Å². The highest BCUT2D eigenvalue weighted by Gasteiger charge is 2.29. The highest BCUT2D eigenvalue weighted by molar-refractivity contribution is 5.80. The summed E-state index contributed by atoms with van der Waals surface area (Å²) in [7, 11) is 0. The first kappa shape index (κ1) is 12.8. The van der Waals surface area contributed by atoms with Gasteiger partial charge in [-0.2, -0.15) is 0 Å². The van der Waals surface area contributed by atoms with Crippen LogP contribution in [0.4, 0.5) is 4.39 Å². The molecule has 1 fully saturated rings. The molecule has 20 heavy (non-hydrogen) atoms. The van der Waals surface area contributed by atoms with E-state index >= 15 is 0 Å². The third-order valence-electron chi connectivity index (χ3n) is 3.51. The lowest BCUT2D eigenvalue weighted by Gasteiger charge is -2.09. The topological polar surface area (TPSA) is 46.9 Å². The van der Waals surface area contributed by atoms with Gasteiger partial charge in [-0.3, -0.25) is 4.79 Å². The Balaban J connectivity index is 1.73. The summed E-state index contributed by atoms with van der Waals surface area (Å²) >= 11 is 0. The minimum atomic E-state index is -0.315. The van der Waals surface area contributed by atoms with Crippen molar-refractivity contribution < 1.29 is 9.18 Å². The second-order valence-electron chi connectivity index (χ2n) is 5.12. The zero-order valence-electron chi connectivity index (χ0n) is 11.3. The molecule has 1 aromatic heterocycles. The standard InChI is InChI=1S/C15H16FN3O/c1-10-17-6-7-19(10)14-5-2-11(8-13(14)16)9-18-15(20)12-3-4-12/h2,5-8,12H,3-4,9H2,1H3,(H,18,20). The molecule has 0 atom stereocenters. The van der Waals surface area contributed by atoms with Gasteiger partial charge in [0, 0.05) is 24.9 Å². The van der Waals surface area contributed by atoms with Crippen LogP contribution in [-0.4, -0.2) is 15.5 Å². The van der Waals surface area contributed by atoms with E-state index in [0.717, 1.165) is 24.2 Å². The van der Waals surface area contributed by atoms with Gasteiger partial charge >= 0.3 is 0 Å². The van der Waals surface area contributed by atoms with Crippen LogP contribution >= 0.6 is 0 Å². The van der Waals surface area contributed by atoms with Crippen LogP contribution in [0.5, 0.6) is 0 Å². The summed E-state index contributed by atoms with van der Waals surface area (Å²) in [6.45, 7) is 2.19. The minimum Gasteiger partial charge on any atom is -0.352 e. The first-order chi connectivity index (χ1) is 9.65. The number of nitrogens with one attached hydrogen (secondary N) is 1. The summed E-state index contributed by atoms with van der Waals surface area (Å²) in [6.07, 6.45) is 5.30. The molecule has 1 heterocycles. The van der Waals surface area contributed by atoms with E-state index in [9.17, 15) is 9.18 Å². The molecule has 1 N–H and O–H groups in total. The van der Waals surface area contributed by atoms with Gasteiger partial charge in [0.2, 0.25) is 5.91 Å². The summed E-state index contributed by atoms with van der Waals surface area (Å²) in [4.78, 5) is 15.6. The number of carbonyl (C=O) groups excluding carboxylic acids is 1. The Labute approximate surface area is 116 Å². The molecule has 1 aromatic carbocycles. The van der Waals surface area contributed by atoms with Crippen LogP contribution in [0.3, 0.4) is 0 Å². The molecule has 1 aliphatic carbocycles. The highest BCUT2D eigenvalue weighted by Crippen LogP contribution is 2.28. The van der Waals surface area contributed by atoms with E-state index < -0.39 is 0 Å². The zero-order chi connectivity index (χ0) is 14.1. The molecule has 3 rings (SSSR count). The largest absolute Gasteiger partial charge is 0.352 e. The van der Waals surface area contributed by atoms with Crippen molar-refractivity contribution in [2.75, 3.05) is 0 Å². The van der Waals surface area contributed by atoms with Crippen LogP contribution < -0.4 is 5.32 Å². The highest BCUT2D eigenvalue weighted by atomic mass is 19.1. The number of amides is 1. The van der Waals surface area contributed by atoms with Crippen molar-refractivity contribution in [3.8, 4) is 5.69 Å². The maximum atomic E-state index is 14.1. The van der Waals surface area contributed by atoms with Crippen LogP contribution in [0.25, 0.3) is 5.69 Å². The van der Waals surface area contributed by atoms with Crippen molar-refractivity contribution in [2.45, 2.75) is 26.3 Å². The Hall–Kier alpha value is -2.17. The van der Waals surface area contributed by atoms with Crippen LogP contribution in [0.1, 0.15) is 24.2 Å². The molecule has 1 saturated carbocycles. The van der Waals surface area contributed by atoms with Crippen molar-refractivity contribution in [1.82, 2.24) is 14.9 Å². The normalized spacial score (nSPS) is 14.3. The summed E-state index contributed by atoms with van der Waals surface area (Å²) < 4.78 is 15.8. The van der Waals surface area contributed by atoms with E-state index in [1.54, 1.807) is 23.0 Å². The number of nitrogens with zero attached hydrogens (tertiary/aromatic N) is 2. The van der Waals surface area contributed by atoms with Crippen LogP contribution in [0, 0.1) is 18.7 Å². The van der Waals surface area contributed by atoms with Gasteiger partial charge in [0.05, 0.1) is 5.69 Å². The van der Waals surface area contributed by atoms with E-state index in [4.69, 9.17) is 0 Å². The number of carbonyl (C=O) groups is 1. The first-order valence-corrected chi connectivity index (χ1v) is 6.71. The van der Waals surface area contributed by atoms with Gasteiger partial charge in [-0.05, 0) is 37.5 Å². The SMILES string of the molecule is Cc1nccn1-c1ccc(CNC(=O)C2CC2)cc1F. The van der Waals surface area contributed by atoms with Crippen molar-refractivity contribution in [3.05, 3.63) is 47.8 Å². The number of halogens is 1. The smallest absolute Gasteiger partial charge is 0.223 e. The number of hydrogen-bond donors (Lipinski definition) is 1. The van der Waals surface area contributed by atoms with E-state index in [-0.39, 0.29) is 17.6 Å². The monoisotopic (exact) mass is 273 g/mol. The van der Waals surface area contributed by atoms with Gasteiger partial charge in [-0.25, -0.2) is 9.37 Å². The molecule has 1 aliphatic rings. The Morgan fingerprint density at radius 2 is 2.30 bits per heavy atom. The molecule has 4 nitrogen and oxygen atoms in total. The van der Waals surface area contributed by atoms with Crippen molar-refractivity contribution in [3.63, 3.8) is 0 Å². The minimum absolute atomic E-state index is 0.0694.